The molecule has 3 heteroatoms. The molecule has 1 unspecified atom stereocenters. The van der Waals surface area contributed by atoms with Crippen molar-refractivity contribution in [2.24, 2.45) is 11.7 Å². The van der Waals surface area contributed by atoms with E-state index in [9.17, 15) is 5.11 Å². The van der Waals surface area contributed by atoms with Crippen molar-refractivity contribution in [3.05, 3.63) is 0 Å². The van der Waals surface area contributed by atoms with Crippen molar-refractivity contribution >= 4 is 12.4 Å². The van der Waals surface area contributed by atoms with Crippen LogP contribution in [0.25, 0.3) is 0 Å². The topological polar surface area (TPSA) is 46.2 Å². The van der Waals surface area contributed by atoms with Crippen LogP contribution in [-0.2, 0) is 0 Å². The Bertz CT molecular complexity index is 408. The Morgan fingerprint density at radius 2 is 0.512 bits per heavy atom. The molecule has 0 saturated carbocycles. The Balaban J connectivity index is 0. The molecule has 0 aromatic heterocycles. The second-order valence-electron chi connectivity index (χ2n) is 13.4. The summed E-state index contributed by atoms with van der Waals surface area (Å²) >= 11 is 0. The number of rotatable bonds is 35. The van der Waals surface area contributed by atoms with Gasteiger partial charge in [-0.25, -0.2) is 0 Å². The van der Waals surface area contributed by atoms with E-state index in [0.717, 1.165) is 12.8 Å². The molecule has 250 valence electrons. The number of aliphatic hydroxyl groups excluding tert-OH is 1. The standard InChI is InChI=1S/C38H79NO.ClH/c1-3-5-7-9-11-13-15-17-19-21-23-25-27-29-31-33-35-37(38(39)40)36-34-32-30-28-26-24-22-20-18-16-14-12-10-8-6-4-2;/h37-38,40H,3-36,39H2,1-2H3;1H. The van der Waals surface area contributed by atoms with Crippen LogP contribution in [-0.4, -0.2) is 11.3 Å². The Hall–Kier alpha value is 0.210. The van der Waals surface area contributed by atoms with E-state index < -0.39 is 6.23 Å². The van der Waals surface area contributed by atoms with Crippen LogP contribution in [0.4, 0.5) is 0 Å². The van der Waals surface area contributed by atoms with Crippen LogP contribution >= 0.6 is 12.4 Å². The van der Waals surface area contributed by atoms with Crippen molar-refractivity contribution in [2.45, 2.75) is 238 Å². The lowest BCUT2D eigenvalue weighted by atomic mass is 9.93. The van der Waals surface area contributed by atoms with E-state index in [2.05, 4.69) is 13.8 Å². The molecule has 0 heterocycles. The van der Waals surface area contributed by atoms with Gasteiger partial charge < -0.3 is 10.8 Å². The van der Waals surface area contributed by atoms with E-state index >= 15 is 0 Å². The zero-order valence-corrected chi connectivity index (χ0v) is 29.4. The molecule has 0 aliphatic heterocycles. The molecule has 0 aliphatic rings. The van der Waals surface area contributed by atoms with Crippen LogP contribution in [0.1, 0.15) is 232 Å². The summed E-state index contributed by atoms with van der Waals surface area (Å²) < 4.78 is 0. The number of nitrogens with two attached hydrogens (primary N) is 1. The van der Waals surface area contributed by atoms with E-state index in [0.29, 0.717) is 5.92 Å². The summed E-state index contributed by atoms with van der Waals surface area (Å²) in [7, 11) is 0. The molecule has 0 bridgehead atoms. The zero-order valence-electron chi connectivity index (χ0n) is 28.6. The molecule has 0 amide bonds. The fourth-order valence-electron chi connectivity index (χ4n) is 6.40. The Morgan fingerprint density at radius 1 is 0.341 bits per heavy atom. The summed E-state index contributed by atoms with van der Waals surface area (Å²) in [5.74, 6) is 0.318. The van der Waals surface area contributed by atoms with Gasteiger partial charge in [0.05, 0.1) is 0 Å². The molecule has 0 aliphatic carbocycles. The average molecular weight is 603 g/mol. The van der Waals surface area contributed by atoms with Gasteiger partial charge in [0.1, 0.15) is 6.23 Å². The molecule has 0 saturated heterocycles. The van der Waals surface area contributed by atoms with Crippen LogP contribution < -0.4 is 5.73 Å². The third-order valence-electron chi connectivity index (χ3n) is 9.34. The molecular weight excluding hydrogens is 522 g/mol. The number of hydrogen-bond donors (Lipinski definition) is 2. The minimum Gasteiger partial charge on any atom is -0.379 e. The molecule has 0 fully saturated rings. The minimum atomic E-state index is -0.618. The lowest BCUT2D eigenvalue weighted by Gasteiger charge is -2.19. The summed E-state index contributed by atoms with van der Waals surface area (Å²) in [6.07, 6.45) is 46.8. The maximum atomic E-state index is 10.0. The summed E-state index contributed by atoms with van der Waals surface area (Å²) in [6, 6.07) is 0. The molecule has 0 aromatic carbocycles. The maximum absolute atomic E-state index is 10.0. The summed E-state index contributed by atoms with van der Waals surface area (Å²) in [5.41, 5.74) is 5.93. The van der Waals surface area contributed by atoms with Gasteiger partial charge in [-0.2, -0.15) is 0 Å². The highest BCUT2D eigenvalue weighted by Crippen LogP contribution is 2.21. The van der Waals surface area contributed by atoms with Crippen LogP contribution in [0, 0.1) is 5.92 Å². The van der Waals surface area contributed by atoms with E-state index in [1.807, 2.05) is 0 Å². The highest BCUT2D eigenvalue weighted by molar-refractivity contribution is 5.85. The normalized spacial score (nSPS) is 12.2. The molecule has 0 spiro atoms. The lowest BCUT2D eigenvalue weighted by Crippen LogP contribution is -2.29. The Kier molecular flexibility index (Phi) is 40.4. The second-order valence-corrected chi connectivity index (χ2v) is 13.4. The summed E-state index contributed by atoms with van der Waals surface area (Å²) in [6.45, 7) is 4.59. The minimum absolute atomic E-state index is 0. The molecule has 3 N–H and O–H groups in total. The fraction of sp³-hybridized carbons (Fsp3) is 1.00. The molecule has 0 rings (SSSR count). The molecular formula is C38H80ClNO. The van der Waals surface area contributed by atoms with Gasteiger partial charge in [0.2, 0.25) is 0 Å². The van der Waals surface area contributed by atoms with E-state index in [4.69, 9.17) is 5.73 Å². The fourth-order valence-corrected chi connectivity index (χ4v) is 6.40. The molecule has 0 aromatic rings. The first kappa shape index (κ1) is 43.3. The Morgan fingerprint density at radius 3 is 0.683 bits per heavy atom. The lowest BCUT2D eigenvalue weighted by molar-refractivity contribution is 0.0997. The first-order valence-electron chi connectivity index (χ1n) is 19.2. The molecule has 1 atom stereocenters. The quantitative estimate of drug-likeness (QED) is 0.0560. The van der Waals surface area contributed by atoms with Gasteiger partial charge in [0.15, 0.2) is 0 Å². The first-order chi connectivity index (χ1) is 19.7. The van der Waals surface area contributed by atoms with Gasteiger partial charge in [-0.05, 0) is 18.8 Å². The largest absolute Gasteiger partial charge is 0.379 e. The second kappa shape index (κ2) is 38.2. The highest BCUT2D eigenvalue weighted by Gasteiger charge is 2.14. The smallest absolute Gasteiger partial charge is 0.105 e. The van der Waals surface area contributed by atoms with E-state index in [-0.39, 0.29) is 12.4 Å². The van der Waals surface area contributed by atoms with Crippen LogP contribution in [0.15, 0.2) is 0 Å². The Labute approximate surface area is 267 Å². The van der Waals surface area contributed by atoms with Gasteiger partial charge in [-0.3, -0.25) is 0 Å². The monoisotopic (exact) mass is 602 g/mol. The van der Waals surface area contributed by atoms with Crippen molar-refractivity contribution in [1.82, 2.24) is 0 Å². The summed E-state index contributed by atoms with van der Waals surface area (Å²) in [4.78, 5) is 0. The van der Waals surface area contributed by atoms with Crippen LogP contribution in [0.5, 0.6) is 0 Å². The first-order valence-corrected chi connectivity index (χ1v) is 19.2. The SMILES string of the molecule is CCCCCCCCCCCCCCCCCCC(CCCCCCCCCCCCCCCCCC)C(N)O.Cl. The predicted molar refractivity (Wildman–Crippen MR) is 189 cm³/mol. The maximum Gasteiger partial charge on any atom is 0.105 e. The average Bonchev–Trinajstić information content (AvgIpc) is 2.95. The van der Waals surface area contributed by atoms with Crippen molar-refractivity contribution < 1.29 is 5.11 Å². The van der Waals surface area contributed by atoms with Crippen molar-refractivity contribution in [1.29, 1.82) is 0 Å². The van der Waals surface area contributed by atoms with Crippen molar-refractivity contribution in [3.8, 4) is 0 Å². The third kappa shape index (κ3) is 36.3. The van der Waals surface area contributed by atoms with Gasteiger partial charge in [-0.1, -0.05) is 219 Å². The van der Waals surface area contributed by atoms with Crippen LogP contribution in [0.2, 0.25) is 0 Å². The molecule has 41 heavy (non-hydrogen) atoms. The molecule has 0 radical (unpaired) electrons. The summed E-state index contributed by atoms with van der Waals surface area (Å²) in [5, 5.41) is 10.0. The van der Waals surface area contributed by atoms with Gasteiger partial charge in [-0.15, -0.1) is 12.4 Å². The van der Waals surface area contributed by atoms with Crippen molar-refractivity contribution in [3.63, 3.8) is 0 Å². The van der Waals surface area contributed by atoms with Crippen LogP contribution in [0.3, 0.4) is 0 Å². The van der Waals surface area contributed by atoms with Gasteiger partial charge in [0, 0.05) is 0 Å². The van der Waals surface area contributed by atoms with Gasteiger partial charge in [0.25, 0.3) is 0 Å². The predicted octanol–water partition coefficient (Wildman–Crippen LogP) is 13.6. The number of aliphatic hydroxyl groups is 1. The van der Waals surface area contributed by atoms with Gasteiger partial charge >= 0.3 is 0 Å². The number of halogens is 1. The number of unbranched alkanes of at least 4 members (excludes halogenated alkanes) is 30. The zero-order chi connectivity index (χ0) is 29.2. The number of hydrogen-bond acceptors (Lipinski definition) is 2. The highest BCUT2D eigenvalue weighted by atomic mass is 35.5. The van der Waals surface area contributed by atoms with E-state index in [1.165, 1.54) is 205 Å². The van der Waals surface area contributed by atoms with E-state index in [1.54, 1.807) is 0 Å². The third-order valence-corrected chi connectivity index (χ3v) is 9.34. The van der Waals surface area contributed by atoms with Crippen molar-refractivity contribution in [2.75, 3.05) is 0 Å². The molecule has 2 nitrogen and oxygen atoms in total.